The average molecular weight is 378 g/mol. The molecule has 0 fully saturated rings. The van der Waals surface area contributed by atoms with Gasteiger partial charge in [-0.25, -0.2) is 4.98 Å². The van der Waals surface area contributed by atoms with E-state index in [1.54, 1.807) is 12.1 Å². The molecule has 0 spiro atoms. The predicted octanol–water partition coefficient (Wildman–Crippen LogP) is 2.46. The Kier molecular flexibility index (Phi) is 5.92. The maximum absolute atomic E-state index is 12.0. The highest BCUT2D eigenvalue weighted by Crippen LogP contribution is 2.12. The second-order valence-corrected chi connectivity index (χ2v) is 6.19. The van der Waals surface area contributed by atoms with Gasteiger partial charge in [0.15, 0.2) is 0 Å². The van der Waals surface area contributed by atoms with Crippen LogP contribution in [0, 0.1) is 6.92 Å². The van der Waals surface area contributed by atoms with E-state index in [1.165, 1.54) is 0 Å². The molecule has 122 valence electrons. The third-order valence-electron chi connectivity index (χ3n) is 3.08. The SMILES string of the molecule is Cc1cc(N(C)C)nc(NCCNC(=O)c2cccc(Br)c2)n1. The van der Waals surface area contributed by atoms with Crippen molar-refractivity contribution in [2.75, 3.05) is 37.4 Å². The van der Waals surface area contributed by atoms with Crippen LogP contribution in [-0.4, -0.2) is 43.1 Å². The molecule has 2 rings (SSSR count). The summed E-state index contributed by atoms with van der Waals surface area (Å²) in [5.74, 6) is 1.30. The molecule has 1 amide bonds. The van der Waals surface area contributed by atoms with E-state index >= 15 is 0 Å². The van der Waals surface area contributed by atoms with Crippen LogP contribution in [-0.2, 0) is 0 Å². The molecule has 0 saturated heterocycles. The van der Waals surface area contributed by atoms with Crippen LogP contribution >= 0.6 is 15.9 Å². The second kappa shape index (κ2) is 7.92. The normalized spacial score (nSPS) is 10.3. The summed E-state index contributed by atoms with van der Waals surface area (Å²) in [6.07, 6.45) is 0. The molecule has 7 heteroatoms. The van der Waals surface area contributed by atoms with Crippen molar-refractivity contribution in [2.45, 2.75) is 6.92 Å². The number of nitrogens with zero attached hydrogens (tertiary/aromatic N) is 3. The van der Waals surface area contributed by atoms with Gasteiger partial charge in [0.2, 0.25) is 5.95 Å². The van der Waals surface area contributed by atoms with E-state index in [1.807, 2.05) is 44.1 Å². The first-order chi connectivity index (χ1) is 11.0. The van der Waals surface area contributed by atoms with E-state index in [9.17, 15) is 4.79 Å². The summed E-state index contributed by atoms with van der Waals surface area (Å²) in [6, 6.07) is 9.20. The maximum Gasteiger partial charge on any atom is 0.251 e. The van der Waals surface area contributed by atoms with Crippen molar-refractivity contribution in [1.29, 1.82) is 0 Å². The van der Waals surface area contributed by atoms with Crippen molar-refractivity contribution in [3.8, 4) is 0 Å². The summed E-state index contributed by atoms with van der Waals surface area (Å²) in [5, 5.41) is 5.99. The van der Waals surface area contributed by atoms with E-state index < -0.39 is 0 Å². The van der Waals surface area contributed by atoms with Crippen LogP contribution in [0.25, 0.3) is 0 Å². The number of aryl methyl sites for hydroxylation is 1. The van der Waals surface area contributed by atoms with E-state index in [0.717, 1.165) is 16.0 Å². The summed E-state index contributed by atoms with van der Waals surface area (Å²) < 4.78 is 0.882. The third-order valence-corrected chi connectivity index (χ3v) is 3.57. The lowest BCUT2D eigenvalue weighted by molar-refractivity contribution is 0.0955. The van der Waals surface area contributed by atoms with Gasteiger partial charge in [0.1, 0.15) is 5.82 Å². The Balaban J connectivity index is 1.85. The van der Waals surface area contributed by atoms with E-state index in [2.05, 4.69) is 36.5 Å². The van der Waals surface area contributed by atoms with Crippen molar-refractivity contribution in [3.63, 3.8) is 0 Å². The van der Waals surface area contributed by atoms with Crippen LogP contribution < -0.4 is 15.5 Å². The van der Waals surface area contributed by atoms with E-state index in [0.29, 0.717) is 24.6 Å². The second-order valence-electron chi connectivity index (χ2n) is 5.28. The Hall–Kier alpha value is -2.15. The molecular weight excluding hydrogens is 358 g/mol. The zero-order valence-electron chi connectivity index (χ0n) is 13.4. The first kappa shape index (κ1) is 17.2. The van der Waals surface area contributed by atoms with Gasteiger partial charge in [-0.05, 0) is 25.1 Å². The molecule has 6 nitrogen and oxygen atoms in total. The lowest BCUT2D eigenvalue weighted by Crippen LogP contribution is -2.29. The van der Waals surface area contributed by atoms with Gasteiger partial charge in [-0.1, -0.05) is 22.0 Å². The number of nitrogens with one attached hydrogen (secondary N) is 2. The maximum atomic E-state index is 12.0. The number of hydrogen-bond donors (Lipinski definition) is 2. The highest BCUT2D eigenvalue weighted by atomic mass is 79.9. The van der Waals surface area contributed by atoms with Gasteiger partial charge in [0.25, 0.3) is 5.91 Å². The van der Waals surface area contributed by atoms with Crippen molar-refractivity contribution in [1.82, 2.24) is 15.3 Å². The molecule has 2 N–H and O–H groups in total. The number of carbonyl (C=O) groups excluding carboxylic acids is 1. The third kappa shape index (κ3) is 5.21. The van der Waals surface area contributed by atoms with Gasteiger partial charge in [0, 0.05) is 49.0 Å². The number of anilines is 2. The van der Waals surface area contributed by atoms with Crippen LogP contribution in [0.1, 0.15) is 16.1 Å². The molecule has 1 aromatic heterocycles. The first-order valence-corrected chi connectivity index (χ1v) is 8.05. The summed E-state index contributed by atoms with van der Waals surface area (Å²) in [4.78, 5) is 22.7. The molecule has 0 saturated carbocycles. The fourth-order valence-electron chi connectivity index (χ4n) is 1.94. The Morgan fingerprint density at radius 1 is 1.22 bits per heavy atom. The number of rotatable bonds is 6. The molecule has 2 aromatic rings. The number of aromatic nitrogens is 2. The zero-order chi connectivity index (χ0) is 16.8. The highest BCUT2D eigenvalue weighted by molar-refractivity contribution is 9.10. The standard InChI is InChI=1S/C16H20BrN5O/c1-11-9-14(22(2)3)21-16(20-11)19-8-7-18-15(23)12-5-4-6-13(17)10-12/h4-6,9-10H,7-8H2,1-3H3,(H,18,23)(H,19,20,21). The molecule has 0 atom stereocenters. The van der Waals surface area contributed by atoms with Crippen LogP contribution in [0.4, 0.5) is 11.8 Å². The van der Waals surface area contributed by atoms with Gasteiger partial charge in [0.05, 0.1) is 0 Å². The number of amides is 1. The number of halogens is 1. The molecule has 0 bridgehead atoms. The number of carbonyl (C=O) groups is 1. The van der Waals surface area contributed by atoms with Gasteiger partial charge in [-0.3, -0.25) is 4.79 Å². The largest absolute Gasteiger partial charge is 0.363 e. The molecular formula is C16H20BrN5O. The van der Waals surface area contributed by atoms with E-state index in [-0.39, 0.29) is 5.91 Å². The summed E-state index contributed by atoms with van der Waals surface area (Å²) in [6.45, 7) is 2.96. The van der Waals surface area contributed by atoms with Gasteiger partial charge < -0.3 is 15.5 Å². The van der Waals surface area contributed by atoms with Crippen LogP contribution in [0.5, 0.6) is 0 Å². The lowest BCUT2D eigenvalue weighted by Gasteiger charge is -2.14. The fourth-order valence-corrected chi connectivity index (χ4v) is 2.34. The first-order valence-electron chi connectivity index (χ1n) is 7.26. The Bertz CT molecular complexity index is 690. The number of hydrogen-bond acceptors (Lipinski definition) is 5. The van der Waals surface area contributed by atoms with Crippen LogP contribution in [0.2, 0.25) is 0 Å². The van der Waals surface area contributed by atoms with Crippen molar-refractivity contribution in [3.05, 3.63) is 46.1 Å². The van der Waals surface area contributed by atoms with Crippen LogP contribution in [0.3, 0.4) is 0 Å². The number of benzene rings is 1. The Labute approximate surface area is 144 Å². The minimum Gasteiger partial charge on any atom is -0.363 e. The molecule has 0 aliphatic carbocycles. The molecule has 0 aliphatic heterocycles. The van der Waals surface area contributed by atoms with Crippen LogP contribution in [0.15, 0.2) is 34.8 Å². The monoisotopic (exact) mass is 377 g/mol. The zero-order valence-corrected chi connectivity index (χ0v) is 15.0. The molecule has 1 aromatic carbocycles. The minimum absolute atomic E-state index is 0.104. The topological polar surface area (TPSA) is 70.2 Å². The van der Waals surface area contributed by atoms with Gasteiger partial charge in [-0.2, -0.15) is 4.98 Å². The van der Waals surface area contributed by atoms with E-state index in [4.69, 9.17) is 0 Å². The van der Waals surface area contributed by atoms with Gasteiger partial charge >= 0.3 is 0 Å². The highest BCUT2D eigenvalue weighted by Gasteiger charge is 2.06. The van der Waals surface area contributed by atoms with Crippen molar-refractivity contribution in [2.24, 2.45) is 0 Å². The molecule has 0 aliphatic rings. The fraction of sp³-hybridized carbons (Fsp3) is 0.312. The average Bonchev–Trinajstić information content (AvgIpc) is 2.50. The smallest absolute Gasteiger partial charge is 0.251 e. The predicted molar refractivity (Wildman–Crippen MR) is 96.1 cm³/mol. The van der Waals surface area contributed by atoms with Crippen molar-refractivity contribution >= 4 is 33.6 Å². The molecule has 1 heterocycles. The molecule has 23 heavy (non-hydrogen) atoms. The Morgan fingerprint density at radius 2 is 2.00 bits per heavy atom. The van der Waals surface area contributed by atoms with Crippen molar-refractivity contribution < 1.29 is 4.79 Å². The molecule has 0 unspecified atom stereocenters. The summed E-state index contributed by atoms with van der Waals surface area (Å²) >= 11 is 3.36. The Morgan fingerprint density at radius 3 is 2.70 bits per heavy atom. The summed E-state index contributed by atoms with van der Waals surface area (Å²) in [5.41, 5.74) is 1.52. The lowest BCUT2D eigenvalue weighted by atomic mass is 10.2. The minimum atomic E-state index is -0.104. The quantitative estimate of drug-likeness (QED) is 0.756. The van der Waals surface area contributed by atoms with Gasteiger partial charge in [-0.15, -0.1) is 0 Å². The molecule has 0 radical (unpaired) electrons. The summed E-state index contributed by atoms with van der Waals surface area (Å²) in [7, 11) is 3.87.